The molecule has 4 rings (SSSR count). The average Bonchev–Trinajstić information content (AvgIpc) is 2.38. The molecule has 0 aromatic rings. The van der Waals surface area contributed by atoms with Crippen LogP contribution in [0.5, 0.6) is 0 Å². The van der Waals surface area contributed by atoms with Crippen molar-refractivity contribution < 1.29 is 66.9 Å². The first-order chi connectivity index (χ1) is 11.7. The minimum absolute atomic E-state index is 0.252. The van der Waals surface area contributed by atoms with Crippen molar-refractivity contribution in [3.8, 4) is 0 Å². The summed E-state index contributed by atoms with van der Waals surface area (Å²) in [6.45, 7) is 0.252. The van der Waals surface area contributed by atoms with Crippen molar-refractivity contribution in [2.75, 3.05) is 6.66 Å². The number of hydrogen-bond donors (Lipinski definition) is 0. The molecule has 16 heteroatoms. The zero-order valence-corrected chi connectivity index (χ0v) is 13.5. The van der Waals surface area contributed by atoms with Gasteiger partial charge in [0.15, 0.2) is 10.7 Å². The molecule has 0 aromatic carbocycles. The van der Waals surface area contributed by atoms with Gasteiger partial charge < -0.3 is 14.2 Å². The van der Waals surface area contributed by atoms with E-state index < -0.39 is 67.7 Å². The summed E-state index contributed by atoms with van der Waals surface area (Å²) in [6.07, 6.45) is -29.2. The molecule has 0 N–H and O–H groups in total. The number of hydrogen-bond acceptors (Lipinski definition) is 3. The molecule has 0 aliphatic carbocycles. The fraction of sp³-hybridized carbons (Fsp3) is 1.00. The van der Waals surface area contributed by atoms with E-state index in [9.17, 15) is 52.7 Å². The van der Waals surface area contributed by atoms with Crippen LogP contribution in [0.1, 0.15) is 12.8 Å². The van der Waals surface area contributed by atoms with E-state index in [4.69, 9.17) is 0 Å². The minimum atomic E-state index is -6.14. The Hall–Kier alpha value is -0.530. The lowest BCUT2D eigenvalue weighted by molar-refractivity contribution is -0.590. The zero-order chi connectivity index (χ0) is 21.1. The van der Waals surface area contributed by atoms with Gasteiger partial charge in [0.1, 0.15) is 0 Å². The minimum Gasteiger partial charge on any atom is -0.321 e. The fourth-order valence-electron chi connectivity index (χ4n) is 3.50. The molecule has 0 aromatic heterocycles. The Bertz CT molecular complexity index is 581. The second-order valence-corrected chi connectivity index (χ2v) is 8.85. The Balaban J connectivity index is 2.39. The molecule has 4 bridgehead atoms. The van der Waals surface area contributed by atoms with Crippen LogP contribution in [0.25, 0.3) is 0 Å². The van der Waals surface area contributed by atoms with Gasteiger partial charge in [-0.05, 0) is 14.6 Å². The third-order valence-electron chi connectivity index (χ3n) is 4.78. The average molecular weight is 446 g/mol. The summed E-state index contributed by atoms with van der Waals surface area (Å²) >= 11 is 0. The predicted octanol–water partition coefficient (Wildman–Crippen LogP) is 5.00. The van der Waals surface area contributed by atoms with Gasteiger partial charge >= 0.3 is 24.7 Å². The van der Waals surface area contributed by atoms with Crippen molar-refractivity contribution >= 4 is 7.92 Å². The molecule has 4 atom stereocenters. The molecular formula is C11H7F12O3P. The molecular weight excluding hydrogens is 439 g/mol. The summed E-state index contributed by atoms with van der Waals surface area (Å²) in [6, 6.07) is 0. The van der Waals surface area contributed by atoms with Crippen molar-refractivity contribution in [2.24, 2.45) is 0 Å². The van der Waals surface area contributed by atoms with Crippen LogP contribution in [0, 0.1) is 0 Å². The zero-order valence-electron chi connectivity index (χ0n) is 12.6. The van der Waals surface area contributed by atoms with Gasteiger partial charge in [-0.25, -0.2) is 0 Å². The first-order valence-electron chi connectivity index (χ1n) is 6.80. The summed E-state index contributed by atoms with van der Waals surface area (Å²) in [5.74, 6) is -9.59. The summed E-state index contributed by atoms with van der Waals surface area (Å²) in [5.41, 5.74) is 0. The second kappa shape index (κ2) is 4.96. The summed E-state index contributed by atoms with van der Waals surface area (Å²) in [4.78, 5) is 0. The first-order valence-corrected chi connectivity index (χ1v) is 8.59. The van der Waals surface area contributed by atoms with Gasteiger partial charge in [-0.3, -0.25) is 0 Å². The van der Waals surface area contributed by atoms with E-state index in [1.165, 1.54) is 0 Å². The van der Waals surface area contributed by atoms with Crippen molar-refractivity contribution in [3.63, 3.8) is 0 Å². The van der Waals surface area contributed by atoms with Crippen molar-refractivity contribution in [3.05, 3.63) is 0 Å². The first kappa shape index (κ1) is 21.2. The Morgan fingerprint density at radius 2 is 0.852 bits per heavy atom. The SMILES string of the molecule is CP1C2(C(F)(F)F)CC3(C(F)(F)F)OC(C(F)(F)F)(CC1(C(F)(F)F)O3)O2. The van der Waals surface area contributed by atoms with E-state index in [0.29, 0.717) is 0 Å². The molecule has 4 saturated heterocycles. The van der Waals surface area contributed by atoms with Crippen LogP contribution >= 0.6 is 7.92 Å². The van der Waals surface area contributed by atoms with Crippen LogP contribution in [0.4, 0.5) is 52.7 Å². The van der Waals surface area contributed by atoms with E-state index in [-0.39, 0.29) is 6.66 Å². The number of rotatable bonds is 0. The van der Waals surface area contributed by atoms with E-state index >= 15 is 0 Å². The number of ether oxygens (including phenoxy) is 3. The highest BCUT2D eigenvalue weighted by Gasteiger charge is 2.93. The maximum Gasteiger partial charge on any atom is 0.443 e. The lowest BCUT2D eigenvalue weighted by atomic mass is 9.93. The lowest BCUT2D eigenvalue weighted by Gasteiger charge is -2.70. The third-order valence-corrected chi connectivity index (χ3v) is 7.95. The van der Waals surface area contributed by atoms with Gasteiger partial charge in [0, 0.05) is 0 Å². The van der Waals surface area contributed by atoms with Gasteiger partial charge in [-0.15, -0.1) is 0 Å². The lowest BCUT2D eigenvalue weighted by Crippen LogP contribution is -2.84. The van der Waals surface area contributed by atoms with Crippen molar-refractivity contribution in [2.45, 2.75) is 59.8 Å². The molecule has 4 unspecified atom stereocenters. The summed E-state index contributed by atoms with van der Waals surface area (Å²) in [5, 5.41) is -8.78. The smallest absolute Gasteiger partial charge is 0.321 e. The highest BCUT2D eigenvalue weighted by Crippen LogP contribution is 2.83. The van der Waals surface area contributed by atoms with Crippen LogP contribution in [0.3, 0.4) is 0 Å². The Morgan fingerprint density at radius 1 is 0.556 bits per heavy atom. The normalized spacial score (nSPS) is 45.4. The Labute approximate surface area is 142 Å². The van der Waals surface area contributed by atoms with Crippen molar-refractivity contribution in [1.29, 1.82) is 0 Å². The van der Waals surface area contributed by atoms with Gasteiger partial charge in [-0.1, -0.05) is 0 Å². The Kier molecular flexibility index (Phi) is 3.89. The molecule has 0 saturated carbocycles. The molecule has 4 aliphatic heterocycles. The maximum absolute atomic E-state index is 13.6. The van der Waals surface area contributed by atoms with E-state index in [1.54, 1.807) is 0 Å². The molecule has 4 heterocycles. The standard InChI is InChI=1S/C11H7F12O3P/c1-27-6(10(18,19)20)2-4(8(12,13)14)24-5(26-6,9(15,16)17)3-7(27,25-4)11(21,22)23/h2-3H2,1H3. The molecule has 4 aliphatic rings. The molecule has 0 amide bonds. The highest BCUT2D eigenvalue weighted by molar-refractivity contribution is 7.60. The quantitative estimate of drug-likeness (QED) is 0.387. The second-order valence-electron chi connectivity index (χ2n) is 6.28. The fourth-order valence-corrected chi connectivity index (χ4v) is 6.30. The molecule has 158 valence electrons. The van der Waals surface area contributed by atoms with Crippen molar-refractivity contribution in [1.82, 2.24) is 0 Å². The predicted molar refractivity (Wildman–Crippen MR) is 60.5 cm³/mol. The third kappa shape index (κ3) is 2.34. The van der Waals surface area contributed by atoms with E-state index in [0.717, 1.165) is 0 Å². The summed E-state index contributed by atoms with van der Waals surface area (Å²) in [7, 11) is -3.80. The van der Waals surface area contributed by atoms with Crippen LogP contribution < -0.4 is 0 Å². The monoisotopic (exact) mass is 446 g/mol. The summed E-state index contributed by atoms with van der Waals surface area (Å²) < 4.78 is 174. The van der Waals surface area contributed by atoms with Crippen LogP contribution in [-0.4, -0.2) is 53.6 Å². The van der Waals surface area contributed by atoms with Gasteiger partial charge in [0.05, 0.1) is 12.8 Å². The number of halogens is 12. The largest absolute Gasteiger partial charge is 0.443 e. The van der Waals surface area contributed by atoms with E-state index in [2.05, 4.69) is 14.2 Å². The molecule has 3 nitrogen and oxygen atoms in total. The van der Waals surface area contributed by atoms with E-state index in [1.807, 2.05) is 0 Å². The van der Waals surface area contributed by atoms with Gasteiger partial charge in [0.25, 0.3) is 11.6 Å². The van der Waals surface area contributed by atoms with Gasteiger partial charge in [-0.2, -0.15) is 52.7 Å². The highest BCUT2D eigenvalue weighted by atomic mass is 31.1. The topological polar surface area (TPSA) is 27.7 Å². The molecule has 4 fully saturated rings. The number of alkyl halides is 12. The van der Waals surface area contributed by atoms with Gasteiger partial charge in [0.2, 0.25) is 0 Å². The maximum atomic E-state index is 13.6. The molecule has 27 heavy (non-hydrogen) atoms. The van der Waals surface area contributed by atoms with Crippen LogP contribution in [0.2, 0.25) is 0 Å². The Morgan fingerprint density at radius 3 is 1.07 bits per heavy atom. The van der Waals surface area contributed by atoms with Crippen LogP contribution in [-0.2, 0) is 14.2 Å². The molecule has 0 radical (unpaired) electrons. The van der Waals surface area contributed by atoms with Crippen LogP contribution in [0.15, 0.2) is 0 Å². The molecule has 0 spiro atoms.